The van der Waals surface area contributed by atoms with Gasteiger partial charge in [0, 0.05) is 11.3 Å². The van der Waals surface area contributed by atoms with E-state index in [-0.39, 0.29) is 22.7 Å². The molecule has 2 aromatic carbocycles. The summed E-state index contributed by atoms with van der Waals surface area (Å²) < 4.78 is 31.9. The number of carbonyl (C=O) groups is 1. The van der Waals surface area contributed by atoms with Gasteiger partial charge in [0.05, 0.1) is 38.0 Å². The zero-order valence-electron chi connectivity index (χ0n) is 16.6. The number of ether oxygens (including phenoxy) is 3. The molecule has 4 rings (SSSR count). The van der Waals surface area contributed by atoms with Gasteiger partial charge < -0.3 is 19.5 Å². The van der Waals surface area contributed by atoms with Crippen LogP contribution in [-0.4, -0.2) is 42.5 Å². The first kappa shape index (κ1) is 20.1. The van der Waals surface area contributed by atoms with Gasteiger partial charge in [-0.15, -0.1) is 11.8 Å². The molecule has 0 fully saturated rings. The second-order valence-corrected chi connectivity index (χ2v) is 7.58. The maximum atomic E-state index is 13.5. The number of amides is 1. The number of halogens is 1. The van der Waals surface area contributed by atoms with E-state index in [1.165, 1.54) is 23.9 Å². The Morgan fingerprint density at radius 1 is 1.07 bits per heavy atom. The highest BCUT2D eigenvalue weighted by Crippen LogP contribution is 2.50. The van der Waals surface area contributed by atoms with Gasteiger partial charge in [-0.1, -0.05) is 0 Å². The van der Waals surface area contributed by atoms with Crippen molar-refractivity contribution in [2.75, 3.05) is 32.4 Å². The third-order valence-electron chi connectivity index (χ3n) is 4.81. The molecule has 7 nitrogen and oxygen atoms in total. The third kappa shape index (κ3) is 3.45. The Kier molecular flexibility index (Phi) is 5.54. The summed E-state index contributed by atoms with van der Waals surface area (Å²) in [5.41, 5.74) is 2.29. The first-order valence-electron chi connectivity index (χ1n) is 9.10. The molecule has 0 aliphatic carbocycles. The van der Waals surface area contributed by atoms with Gasteiger partial charge in [0.15, 0.2) is 17.3 Å². The van der Waals surface area contributed by atoms with Crippen molar-refractivity contribution in [1.82, 2.24) is 9.55 Å². The summed E-state index contributed by atoms with van der Waals surface area (Å²) in [6, 6.07) is 9.79. The highest BCUT2D eigenvalue weighted by atomic mass is 32.2. The third-order valence-corrected chi connectivity index (χ3v) is 6.05. The molecule has 0 saturated carbocycles. The number of nitrogens with one attached hydrogen (secondary N) is 1. The Balaban J connectivity index is 1.92. The van der Waals surface area contributed by atoms with Crippen LogP contribution in [0.1, 0.15) is 16.5 Å². The summed E-state index contributed by atoms with van der Waals surface area (Å²) >= 11 is 1.44. The minimum atomic E-state index is -0.328. The van der Waals surface area contributed by atoms with Crippen LogP contribution >= 0.6 is 11.8 Å². The van der Waals surface area contributed by atoms with Crippen LogP contribution in [0.5, 0.6) is 17.2 Å². The van der Waals surface area contributed by atoms with Crippen molar-refractivity contribution in [1.29, 1.82) is 0 Å². The smallest absolute Gasteiger partial charge is 0.235 e. The van der Waals surface area contributed by atoms with Crippen molar-refractivity contribution >= 4 is 23.5 Å². The molecule has 0 spiro atoms. The molecule has 0 saturated heterocycles. The van der Waals surface area contributed by atoms with Crippen LogP contribution in [-0.2, 0) is 4.79 Å². The molecule has 2 heterocycles. The molecule has 1 aromatic heterocycles. The van der Waals surface area contributed by atoms with Crippen molar-refractivity contribution in [3.63, 3.8) is 0 Å². The number of anilines is 1. The summed E-state index contributed by atoms with van der Waals surface area (Å²) in [4.78, 5) is 16.7. The molecule has 1 aliphatic rings. The van der Waals surface area contributed by atoms with Gasteiger partial charge in [-0.2, -0.15) is 0 Å². The number of carbonyl (C=O) groups excluding carboxylic acids is 1. The van der Waals surface area contributed by atoms with Crippen molar-refractivity contribution in [3.05, 3.63) is 59.8 Å². The summed E-state index contributed by atoms with van der Waals surface area (Å²) in [5, 5.41) is 2.55. The molecule has 30 heavy (non-hydrogen) atoms. The average molecular weight is 429 g/mol. The lowest BCUT2D eigenvalue weighted by Crippen LogP contribution is -2.12. The van der Waals surface area contributed by atoms with Gasteiger partial charge in [0.25, 0.3) is 0 Å². The van der Waals surface area contributed by atoms with E-state index >= 15 is 0 Å². The van der Waals surface area contributed by atoms with Gasteiger partial charge in [0.2, 0.25) is 11.7 Å². The summed E-state index contributed by atoms with van der Waals surface area (Å²) in [6.07, 6.45) is 1.62. The monoisotopic (exact) mass is 429 g/mol. The minimum absolute atomic E-state index is 0.146. The van der Waals surface area contributed by atoms with Gasteiger partial charge in [-0.25, -0.2) is 9.37 Å². The molecule has 3 aromatic rings. The van der Waals surface area contributed by atoms with Crippen LogP contribution in [0, 0.1) is 5.82 Å². The molecule has 156 valence electrons. The van der Waals surface area contributed by atoms with Crippen molar-refractivity contribution in [3.8, 4) is 22.9 Å². The van der Waals surface area contributed by atoms with Crippen molar-refractivity contribution in [2.24, 2.45) is 0 Å². The zero-order chi connectivity index (χ0) is 21.3. The van der Waals surface area contributed by atoms with E-state index in [1.54, 1.807) is 45.9 Å². The predicted molar refractivity (Wildman–Crippen MR) is 113 cm³/mol. The number of fused-ring (bicyclic) bond motifs is 1. The van der Waals surface area contributed by atoms with E-state index < -0.39 is 0 Å². The van der Waals surface area contributed by atoms with Crippen LogP contribution < -0.4 is 19.5 Å². The van der Waals surface area contributed by atoms with Crippen LogP contribution in [0.4, 0.5) is 10.2 Å². The number of methoxy groups -OCH3 is 3. The molecular formula is C21H20FN3O4S. The first-order chi connectivity index (χ1) is 14.6. The molecule has 1 atom stereocenters. The molecule has 0 bridgehead atoms. The number of nitrogens with zero attached hydrogens (tertiary/aromatic N) is 2. The quantitative estimate of drug-likeness (QED) is 0.665. The maximum absolute atomic E-state index is 13.5. The highest BCUT2D eigenvalue weighted by Gasteiger charge is 2.32. The molecule has 1 N–H and O–H groups in total. The Morgan fingerprint density at radius 2 is 1.80 bits per heavy atom. The second kappa shape index (κ2) is 8.27. The molecule has 1 aliphatic heterocycles. The number of hydrogen-bond donors (Lipinski definition) is 1. The Hall–Kier alpha value is -3.20. The fraction of sp³-hybridized carbons (Fsp3) is 0.238. The van der Waals surface area contributed by atoms with Crippen molar-refractivity contribution < 1.29 is 23.4 Å². The fourth-order valence-electron chi connectivity index (χ4n) is 3.49. The number of aromatic nitrogens is 2. The summed E-state index contributed by atoms with van der Waals surface area (Å²) in [5.74, 6) is 1.74. The second-order valence-electron chi connectivity index (χ2n) is 6.49. The van der Waals surface area contributed by atoms with E-state index in [1.807, 2.05) is 10.6 Å². The van der Waals surface area contributed by atoms with Crippen LogP contribution in [0.15, 0.2) is 42.7 Å². The van der Waals surface area contributed by atoms with E-state index in [0.29, 0.717) is 23.1 Å². The van der Waals surface area contributed by atoms with Crippen LogP contribution in [0.3, 0.4) is 0 Å². The standard InChI is InChI=1S/C21H20FN3O4S/c1-27-15-9-8-14(18(28-2)19(15)29-3)20-17-21(24-16(26)10-30-20)23-11-25(17)13-6-4-12(22)5-7-13/h4-9,11,20H,10H2,1-3H3,(H,24,26)/t20-/m1/s1. The highest BCUT2D eigenvalue weighted by molar-refractivity contribution is 8.00. The Labute approximate surface area is 177 Å². The molecule has 1 amide bonds. The van der Waals surface area contributed by atoms with E-state index in [2.05, 4.69) is 10.3 Å². The summed E-state index contributed by atoms with van der Waals surface area (Å²) in [7, 11) is 4.66. The van der Waals surface area contributed by atoms with Gasteiger partial charge >= 0.3 is 0 Å². The molecule has 0 radical (unpaired) electrons. The lowest BCUT2D eigenvalue weighted by Gasteiger charge is -2.22. The van der Waals surface area contributed by atoms with Gasteiger partial charge in [-0.3, -0.25) is 9.36 Å². The molecular weight excluding hydrogens is 409 g/mol. The van der Waals surface area contributed by atoms with Gasteiger partial charge in [-0.05, 0) is 36.4 Å². The number of imidazole rings is 1. The van der Waals surface area contributed by atoms with Gasteiger partial charge in [0.1, 0.15) is 12.1 Å². The SMILES string of the molecule is COc1ccc([C@H]2SCC(=O)Nc3ncn(-c4ccc(F)cc4)c32)c(OC)c1OC. The minimum Gasteiger partial charge on any atom is -0.493 e. The lowest BCUT2D eigenvalue weighted by atomic mass is 10.1. The largest absolute Gasteiger partial charge is 0.493 e. The number of hydrogen-bond acceptors (Lipinski definition) is 6. The topological polar surface area (TPSA) is 74.6 Å². The average Bonchev–Trinajstić information content (AvgIpc) is 3.09. The van der Waals surface area contributed by atoms with Crippen molar-refractivity contribution in [2.45, 2.75) is 5.25 Å². The molecule has 0 unspecified atom stereocenters. The normalized spacial score (nSPS) is 15.7. The zero-order valence-corrected chi connectivity index (χ0v) is 17.5. The maximum Gasteiger partial charge on any atom is 0.235 e. The number of benzene rings is 2. The van der Waals surface area contributed by atoms with E-state index in [9.17, 15) is 9.18 Å². The number of rotatable bonds is 5. The Bertz CT molecular complexity index is 1080. The van der Waals surface area contributed by atoms with E-state index in [0.717, 1.165) is 16.9 Å². The van der Waals surface area contributed by atoms with E-state index in [4.69, 9.17) is 14.2 Å². The predicted octanol–water partition coefficient (Wildman–Crippen LogP) is 3.81. The van der Waals surface area contributed by atoms with Crippen LogP contribution in [0.25, 0.3) is 5.69 Å². The lowest BCUT2D eigenvalue weighted by molar-refractivity contribution is -0.113. The Morgan fingerprint density at radius 3 is 2.47 bits per heavy atom. The van der Waals surface area contributed by atoms with Crippen LogP contribution in [0.2, 0.25) is 0 Å². The summed E-state index contributed by atoms with van der Waals surface area (Å²) in [6.45, 7) is 0. The molecule has 9 heteroatoms. The number of thioether (sulfide) groups is 1. The first-order valence-corrected chi connectivity index (χ1v) is 10.2. The fourth-order valence-corrected chi connectivity index (χ4v) is 4.62.